The molecule has 0 bridgehead atoms. The zero-order valence-corrected chi connectivity index (χ0v) is 12.8. The Morgan fingerprint density at radius 2 is 1.96 bits per heavy atom. The summed E-state index contributed by atoms with van der Waals surface area (Å²) in [6, 6.07) is 9.85. The highest BCUT2D eigenvalue weighted by Gasteiger charge is 2.14. The number of carbonyl (C=O) groups is 1. The highest BCUT2D eigenvalue weighted by atomic mass is 35.5. The lowest BCUT2D eigenvalue weighted by molar-refractivity contribution is 0.0945. The summed E-state index contributed by atoms with van der Waals surface area (Å²) >= 11 is 6.05. The first kappa shape index (κ1) is 16.1. The van der Waals surface area contributed by atoms with E-state index in [1.807, 2.05) is 0 Å². The smallest absolute Gasteiger partial charge is 0.251 e. The minimum absolute atomic E-state index is 0.0141. The molecule has 0 radical (unpaired) electrons. The van der Waals surface area contributed by atoms with E-state index in [0.717, 1.165) is 12.1 Å². The number of amides is 1. The molecule has 0 saturated heterocycles. The molecule has 24 heavy (non-hydrogen) atoms. The number of nitrogens with zero attached hydrogens (tertiary/aromatic N) is 2. The van der Waals surface area contributed by atoms with Gasteiger partial charge in [0.15, 0.2) is 11.6 Å². The van der Waals surface area contributed by atoms with E-state index in [4.69, 9.17) is 16.1 Å². The van der Waals surface area contributed by atoms with E-state index in [-0.39, 0.29) is 23.8 Å². The van der Waals surface area contributed by atoms with Crippen LogP contribution >= 0.6 is 11.6 Å². The molecular formula is C16H10ClF2N3O2. The van der Waals surface area contributed by atoms with Crippen LogP contribution in [-0.4, -0.2) is 16.0 Å². The number of benzene rings is 2. The third-order valence-corrected chi connectivity index (χ3v) is 3.49. The second-order valence-corrected chi connectivity index (χ2v) is 5.21. The molecule has 1 N–H and O–H groups in total. The van der Waals surface area contributed by atoms with Gasteiger partial charge in [-0.2, -0.15) is 4.98 Å². The Morgan fingerprint density at radius 3 is 2.71 bits per heavy atom. The molecule has 0 aliphatic rings. The van der Waals surface area contributed by atoms with E-state index in [1.54, 1.807) is 24.3 Å². The van der Waals surface area contributed by atoms with E-state index in [2.05, 4.69) is 15.5 Å². The van der Waals surface area contributed by atoms with Crippen LogP contribution in [0.4, 0.5) is 8.78 Å². The predicted octanol–water partition coefficient (Wildman–Crippen LogP) is 3.60. The summed E-state index contributed by atoms with van der Waals surface area (Å²) in [4.78, 5) is 16.0. The largest absolute Gasteiger partial charge is 0.343 e. The lowest BCUT2D eigenvalue weighted by Crippen LogP contribution is -2.23. The van der Waals surface area contributed by atoms with Crippen molar-refractivity contribution in [2.75, 3.05) is 0 Å². The molecular weight excluding hydrogens is 340 g/mol. The van der Waals surface area contributed by atoms with Gasteiger partial charge in [0.05, 0.1) is 11.6 Å². The zero-order chi connectivity index (χ0) is 17.1. The minimum atomic E-state index is -1.10. The predicted molar refractivity (Wildman–Crippen MR) is 82.3 cm³/mol. The van der Waals surface area contributed by atoms with Crippen molar-refractivity contribution >= 4 is 17.5 Å². The summed E-state index contributed by atoms with van der Waals surface area (Å²) < 4.78 is 31.0. The fraction of sp³-hybridized carbons (Fsp3) is 0.0625. The topological polar surface area (TPSA) is 68.0 Å². The standard InChI is InChI=1S/C16H10ClF2N3O2/c17-11-4-2-1-3-10(11)15-21-14(24-22-15)8-20-16(23)9-5-6-12(18)13(19)7-9/h1-7H,8H2,(H,20,23). The van der Waals surface area contributed by atoms with E-state index in [0.29, 0.717) is 10.6 Å². The average molecular weight is 350 g/mol. The van der Waals surface area contributed by atoms with Crippen LogP contribution in [0.1, 0.15) is 16.2 Å². The van der Waals surface area contributed by atoms with Gasteiger partial charge in [-0.05, 0) is 30.3 Å². The summed E-state index contributed by atoms with van der Waals surface area (Å²) in [6.45, 7) is -0.0602. The third kappa shape index (κ3) is 3.41. The fourth-order valence-corrected chi connectivity index (χ4v) is 2.19. The lowest BCUT2D eigenvalue weighted by atomic mass is 10.2. The summed E-state index contributed by atoms with van der Waals surface area (Å²) in [5.41, 5.74) is 0.584. The molecule has 3 rings (SSSR count). The molecule has 3 aromatic rings. The van der Waals surface area contributed by atoms with Crippen molar-refractivity contribution in [2.45, 2.75) is 6.54 Å². The number of rotatable bonds is 4. The summed E-state index contributed by atoms with van der Waals surface area (Å²) in [6.07, 6.45) is 0. The SMILES string of the molecule is O=C(NCc1nc(-c2ccccc2Cl)no1)c1ccc(F)c(F)c1. The number of hydrogen-bond acceptors (Lipinski definition) is 4. The fourth-order valence-electron chi connectivity index (χ4n) is 1.97. The minimum Gasteiger partial charge on any atom is -0.343 e. The third-order valence-electron chi connectivity index (χ3n) is 3.16. The van der Waals surface area contributed by atoms with Gasteiger partial charge in [0.1, 0.15) is 0 Å². The first-order valence-corrected chi connectivity index (χ1v) is 7.23. The van der Waals surface area contributed by atoms with Gasteiger partial charge in [-0.3, -0.25) is 4.79 Å². The van der Waals surface area contributed by atoms with Crippen molar-refractivity contribution in [3.8, 4) is 11.4 Å². The molecule has 0 aliphatic heterocycles. The zero-order valence-electron chi connectivity index (χ0n) is 12.1. The molecule has 5 nitrogen and oxygen atoms in total. The van der Waals surface area contributed by atoms with Gasteiger partial charge in [0, 0.05) is 11.1 Å². The Bertz CT molecular complexity index is 899. The van der Waals surface area contributed by atoms with Gasteiger partial charge < -0.3 is 9.84 Å². The Morgan fingerprint density at radius 1 is 1.17 bits per heavy atom. The molecule has 0 unspecified atom stereocenters. The second-order valence-electron chi connectivity index (χ2n) is 4.80. The van der Waals surface area contributed by atoms with Gasteiger partial charge in [-0.15, -0.1) is 0 Å². The van der Waals surface area contributed by atoms with E-state index < -0.39 is 17.5 Å². The van der Waals surface area contributed by atoms with Crippen LogP contribution in [0.25, 0.3) is 11.4 Å². The Labute approximate surface area is 140 Å². The molecule has 8 heteroatoms. The van der Waals surface area contributed by atoms with Crippen LogP contribution < -0.4 is 5.32 Å². The van der Waals surface area contributed by atoms with Crippen LogP contribution in [-0.2, 0) is 6.54 Å². The van der Waals surface area contributed by atoms with Gasteiger partial charge >= 0.3 is 0 Å². The maximum absolute atomic E-state index is 13.1. The van der Waals surface area contributed by atoms with Gasteiger partial charge in [-0.1, -0.05) is 28.9 Å². The monoisotopic (exact) mass is 349 g/mol. The van der Waals surface area contributed by atoms with Crippen LogP contribution in [0.5, 0.6) is 0 Å². The second kappa shape index (κ2) is 6.76. The Balaban J connectivity index is 1.68. The molecule has 0 saturated carbocycles. The highest BCUT2D eigenvalue weighted by Crippen LogP contribution is 2.24. The number of hydrogen-bond donors (Lipinski definition) is 1. The summed E-state index contributed by atoms with van der Waals surface area (Å²) in [5, 5.41) is 6.74. The highest BCUT2D eigenvalue weighted by molar-refractivity contribution is 6.33. The molecule has 0 spiro atoms. The molecule has 122 valence electrons. The normalized spacial score (nSPS) is 10.6. The number of carbonyl (C=O) groups excluding carboxylic acids is 1. The van der Waals surface area contributed by atoms with Crippen LogP contribution in [0.15, 0.2) is 47.0 Å². The number of halogens is 3. The van der Waals surface area contributed by atoms with Crippen molar-refractivity contribution in [3.05, 3.63) is 70.6 Å². The maximum atomic E-state index is 13.1. The molecule has 0 fully saturated rings. The van der Waals surface area contributed by atoms with Crippen LogP contribution in [0.3, 0.4) is 0 Å². The first-order valence-electron chi connectivity index (χ1n) is 6.85. The number of aromatic nitrogens is 2. The van der Waals surface area contributed by atoms with Gasteiger partial charge in [-0.25, -0.2) is 8.78 Å². The van der Waals surface area contributed by atoms with Gasteiger partial charge in [0.25, 0.3) is 5.91 Å². The maximum Gasteiger partial charge on any atom is 0.251 e. The Kier molecular flexibility index (Phi) is 4.52. The molecule has 0 atom stereocenters. The molecule has 1 aromatic heterocycles. The molecule has 1 heterocycles. The van der Waals surface area contributed by atoms with Crippen molar-refractivity contribution in [3.63, 3.8) is 0 Å². The first-order chi connectivity index (χ1) is 11.5. The molecule has 1 amide bonds. The van der Waals surface area contributed by atoms with Crippen LogP contribution in [0, 0.1) is 11.6 Å². The summed E-state index contributed by atoms with van der Waals surface area (Å²) in [5.74, 6) is -2.26. The molecule has 0 aliphatic carbocycles. The lowest BCUT2D eigenvalue weighted by Gasteiger charge is -2.02. The number of nitrogens with one attached hydrogen (secondary N) is 1. The van der Waals surface area contributed by atoms with Crippen molar-refractivity contribution in [1.82, 2.24) is 15.5 Å². The van der Waals surface area contributed by atoms with Crippen molar-refractivity contribution < 1.29 is 18.1 Å². The van der Waals surface area contributed by atoms with Crippen LogP contribution in [0.2, 0.25) is 5.02 Å². The van der Waals surface area contributed by atoms with E-state index >= 15 is 0 Å². The van der Waals surface area contributed by atoms with Gasteiger partial charge in [0.2, 0.25) is 11.7 Å². The van der Waals surface area contributed by atoms with E-state index in [1.165, 1.54) is 6.07 Å². The van der Waals surface area contributed by atoms with Crippen molar-refractivity contribution in [2.24, 2.45) is 0 Å². The van der Waals surface area contributed by atoms with Crippen molar-refractivity contribution in [1.29, 1.82) is 0 Å². The quantitative estimate of drug-likeness (QED) is 0.781. The summed E-state index contributed by atoms with van der Waals surface area (Å²) in [7, 11) is 0. The Hall–Kier alpha value is -2.80. The molecule has 2 aromatic carbocycles. The average Bonchev–Trinajstić information content (AvgIpc) is 3.04. The van der Waals surface area contributed by atoms with E-state index in [9.17, 15) is 13.6 Å².